The fourth-order valence-electron chi connectivity index (χ4n) is 2.48. The number of benzene rings is 2. The minimum absolute atomic E-state index is 0.335. The summed E-state index contributed by atoms with van der Waals surface area (Å²) < 4.78 is 27.4. The van der Waals surface area contributed by atoms with Gasteiger partial charge in [0.15, 0.2) is 0 Å². The molecule has 1 aliphatic heterocycles. The van der Waals surface area contributed by atoms with Crippen LogP contribution in [-0.4, -0.2) is 32.0 Å². The van der Waals surface area contributed by atoms with Crippen LogP contribution >= 0.6 is 15.9 Å². The molecule has 2 aromatic carbocycles. The Hall–Kier alpha value is -1.50. The van der Waals surface area contributed by atoms with E-state index in [1.807, 2.05) is 24.3 Å². The zero-order valence-electron chi connectivity index (χ0n) is 12.5. The van der Waals surface area contributed by atoms with Gasteiger partial charge in [-0.2, -0.15) is 4.31 Å². The van der Waals surface area contributed by atoms with Gasteiger partial charge in [0.05, 0.1) is 10.6 Å². The van der Waals surface area contributed by atoms with Gasteiger partial charge < -0.3 is 0 Å². The van der Waals surface area contributed by atoms with Gasteiger partial charge in [0, 0.05) is 23.8 Å². The number of halogens is 1. The fourth-order valence-corrected chi connectivity index (χ4v) is 4.26. The van der Waals surface area contributed by atoms with E-state index >= 15 is 0 Å². The molecule has 1 fully saturated rings. The van der Waals surface area contributed by atoms with Crippen LogP contribution in [0.4, 0.5) is 5.69 Å². The Kier molecular flexibility index (Phi) is 4.94. The van der Waals surface area contributed by atoms with Crippen LogP contribution in [0.1, 0.15) is 18.4 Å². The molecule has 0 saturated carbocycles. The number of sulfonamides is 1. The summed E-state index contributed by atoms with van der Waals surface area (Å²) >= 11 is 3.39. The van der Waals surface area contributed by atoms with Gasteiger partial charge in [0.1, 0.15) is 0 Å². The third-order valence-electron chi connectivity index (χ3n) is 3.77. The molecular formula is C17H17BrN2O2S. The molecule has 3 rings (SSSR count). The van der Waals surface area contributed by atoms with Crippen molar-refractivity contribution in [2.45, 2.75) is 17.7 Å². The van der Waals surface area contributed by atoms with Crippen molar-refractivity contribution in [1.82, 2.24) is 4.31 Å². The summed E-state index contributed by atoms with van der Waals surface area (Å²) in [6.45, 7) is 1.23. The summed E-state index contributed by atoms with van der Waals surface area (Å²) in [5.74, 6) is 0. The Morgan fingerprint density at radius 1 is 0.957 bits per heavy atom. The molecule has 23 heavy (non-hydrogen) atoms. The van der Waals surface area contributed by atoms with Crippen LogP contribution in [-0.2, 0) is 10.0 Å². The molecular weight excluding hydrogens is 376 g/mol. The zero-order valence-corrected chi connectivity index (χ0v) is 14.9. The van der Waals surface area contributed by atoms with Gasteiger partial charge in [0.2, 0.25) is 10.0 Å². The first-order valence-corrected chi connectivity index (χ1v) is 9.69. The van der Waals surface area contributed by atoms with Gasteiger partial charge in [-0.1, -0.05) is 28.1 Å². The highest BCUT2D eigenvalue weighted by Gasteiger charge is 2.26. The van der Waals surface area contributed by atoms with Gasteiger partial charge >= 0.3 is 0 Å². The summed E-state index contributed by atoms with van der Waals surface area (Å²) in [5, 5.41) is 0. The first-order valence-electron chi connectivity index (χ1n) is 7.45. The van der Waals surface area contributed by atoms with Crippen LogP contribution in [0, 0.1) is 0 Å². The van der Waals surface area contributed by atoms with E-state index in [0.29, 0.717) is 18.0 Å². The highest BCUT2D eigenvalue weighted by atomic mass is 79.9. The summed E-state index contributed by atoms with van der Waals surface area (Å²) in [4.78, 5) is 4.71. The maximum atomic E-state index is 12.4. The number of rotatable bonds is 4. The van der Waals surface area contributed by atoms with Crippen LogP contribution < -0.4 is 0 Å². The Morgan fingerprint density at radius 2 is 1.57 bits per heavy atom. The SMILES string of the molecule is O=S(=O)(c1ccc(N=Cc2ccc(Br)cc2)cc1)N1CCCC1. The van der Waals surface area contributed by atoms with Crippen LogP contribution in [0.25, 0.3) is 0 Å². The molecule has 1 heterocycles. The van der Waals surface area contributed by atoms with Crippen molar-refractivity contribution in [2.24, 2.45) is 4.99 Å². The average molecular weight is 393 g/mol. The van der Waals surface area contributed by atoms with E-state index in [4.69, 9.17) is 0 Å². The molecule has 0 amide bonds. The minimum atomic E-state index is -3.35. The molecule has 0 bridgehead atoms. The number of hydrogen-bond donors (Lipinski definition) is 0. The Balaban J connectivity index is 1.75. The van der Waals surface area contributed by atoms with E-state index in [1.165, 1.54) is 0 Å². The third kappa shape index (κ3) is 3.88. The average Bonchev–Trinajstić information content (AvgIpc) is 3.10. The van der Waals surface area contributed by atoms with Crippen LogP contribution in [0.5, 0.6) is 0 Å². The molecule has 0 aromatic heterocycles. The standard InChI is InChI=1S/C17H17BrN2O2S/c18-15-5-3-14(4-6-15)13-19-16-7-9-17(10-8-16)23(21,22)20-11-1-2-12-20/h3-10,13H,1-2,11-12H2. The zero-order chi connectivity index (χ0) is 16.3. The summed E-state index contributed by atoms with van der Waals surface area (Å²) in [6.07, 6.45) is 3.64. The van der Waals surface area contributed by atoms with Crippen LogP contribution in [0.2, 0.25) is 0 Å². The van der Waals surface area contributed by atoms with E-state index in [0.717, 1.165) is 28.6 Å². The molecule has 6 heteroatoms. The van der Waals surface area contributed by atoms with Gasteiger partial charge in [-0.25, -0.2) is 8.42 Å². The molecule has 0 N–H and O–H groups in total. The molecule has 1 aliphatic rings. The molecule has 0 aliphatic carbocycles. The van der Waals surface area contributed by atoms with Gasteiger partial charge in [-0.3, -0.25) is 4.99 Å². The van der Waals surface area contributed by atoms with Crippen molar-refractivity contribution in [1.29, 1.82) is 0 Å². The highest BCUT2D eigenvalue weighted by Crippen LogP contribution is 2.23. The summed E-state index contributed by atoms with van der Waals surface area (Å²) in [5.41, 5.74) is 1.72. The number of hydrogen-bond acceptors (Lipinski definition) is 3. The second-order valence-electron chi connectivity index (χ2n) is 5.41. The highest BCUT2D eigenvalue weighted by molar-refractivity contribution is 9.10. The number of aliphatic imine (C=N–C) groups is 1. The topological polar surface area (TPSA) is 49.7 Å². The van der Waals surface area contributed by atoms with Crippen molar-refractivity contribution in [3.05, 3.63) is 58.6 Å². The Bertz CT molecular complexity index is 793. The van der Waals surface area contributed by atoms with Crippen molar-refractivity contribution >= 4 is 37.9 Å². The molecule has 120 valence electrons. The molecule has 0 unspecified atom stereocenters. The van der Waals surface area contributed by atoms with E-state index in [1.54, 1.807) is 34.8 Å². The first-order chi connectivity index (χ1) is 11.1. The molecule has 0 atom stereocenters. The Labute approximate surface area is 145 Å². The molecule has 2 aromatic rings. The van der Waals surface area contributed by atoms with E-state index in [-0.39, 0.29) is 0 Å². The predicted octanol–water partition coefficient (Wildman–Crippen LogP) is 3.98. The summed E-state index contributed by atoms with van der Waals surface area (Å²) in [6, 6.07) is 14.5. The lowest BCUT2D eigenvalue weighted by Gasteiger charge is -2.15. The molecule has 1 saturated heterocycles. The van der Waals surface area contributed by atoms with Crippen molar-refractivity contribution in [2.75, 3.05) is 13.1 Å². The van der Waals surface area contributed by atoms with Crippen molar-refractivity contribution in [3.8, 4) is 0 Å². The lowest BCUT2D eigenvalue weighted by Crippen LogP contribution is -2.27. The molecule has 0 spiro atoms. The van der Waals surface area contributed by atoms with E-state index in [9.17, 15) is 8.42 Å². The second kappa shape index (κ2) is 6.95. The maximum absolute atomic E-state index is 12.4. The van der Waals surface area contributed by atoms with Crippen LogP contribution in [0.3, 0.4) is 0 Å². The molecule has 0 radical (unpaired) electrons. The van der Waals surface area contributed by atoms with Gasteiger partial charge in [0.25, 0.3) is 0 Å². The predicted molar refractivity (Wildman–Crippen MR) is 95.8 cm³/mol. The third-order valence-corrected chi connectivity index (χ3v) is 6.21. The lowest BCUT2D eigenvalue weighted by molar-refractivity contribution is 0.477. The van der Waals surface area contributed by atoms with Gasteiger partial charge in [-0.15, -0.1) is 0 Å². The smallest absolute Gasteiger partial charge is 0.243 e. The van der Waals surface area contributed by atoms with E-state index in [2.05, 4.69) is 20.9 Å². The van der Waals surface area contributed by atoms with Gasteiger partial charge in [-0.05, 0) is 54.8 Å². The fraction of sp³-hybridized carbons (Fsp3) is 0.235. The molecule has 4 nitrogen and oxygen atoms in total. The Morgan fingerprint density at radius 3 is 2.17 bits per heavy atom. The largest absolute Gasteiger partial charge is 0.256 e. The normalized spacial score (nSPS) is 16.2. The number of nitrogens with zero attached hydrogens (tertiary/aromatic N) is 2. The second-order valence-corrected chi connectivity index (χ2v) is 8.27. The van der Waals surface area contributed by atoms with Crippen molar-refractivity contribution < 1.29 is 8.42 Å². The monoisotopic (exact) mass is 392 g/mol. The van der Waals surface area contributed by atoms with Crippen molar-refractivity contribution in [3.63, 3.8) is 0 Å². The summed E-state index contributed by atoms with van der Waals surface area (Å²) in [7, 11) is -3.35. The maximum Gasteiger partial charge on any atom is 0.243 e. The first kappa shape index (κ1) is 16.4. The lowest BCUT2D eigenvalue weighted by atomic mass is 10.2. The van der Waals surface area contributed by atoms with Crippen LogP contribution in [0.15, 0.2) is 62.9 Å². The quantitative estimate of drug-likeness (QED) is 0.738. The minimum Gasteiger partial charge on any atom is -0.256 e. The van der Waals surface area contributed by atoms with E-state index < -0.39 is 10.0 Å².